The molecule has 3 aliphatic heterocycles. The van der Waals surface area contributed by atoms with Gasteiger partial charge in [-0.3, -0.25) is 0 Å². The number of nitrogens with zero attached hydrogens (tertiary/aromatic N) is 2. The van der Waals surface area contributed by atoms with Gasteiger partial charge in [0.1, 0.15) is 11.2 Å². The number of furan rings is 1. The van der Waals surface area contributed by atoms with E-state index in [9.17, 15) is 0 Å². The van der Waals surface area contributed by atoms with Gasteiger partial charge in [-0.05, 0) is 133 Å². The molecular formula is C58H45BN2O. The highest BCUT2D eigenvalue weighted by atomic mass is 16.3. The molecule has 1 aromatic heterocycles. The van der Waals surface area contributed by atoms with Gasteiger partial charge in [0, 0.05) is 33.7 Å². The van der Waals surface area contributed by atoms with Crippen LogP contribution in [-0.4, -0.2) is 6.85 Å². The molecule has 0 radical (unpaired) electrons. The van der Waals surface area contributed by atoms with Crippen LogP contribution in [0.15, 0.2) is 162 Å². The summed E-state index contributed by atoms with van der Waals surface area (Å²) < 4.78 is 7.40. The molecule has 0 unspecified atom stereocenters. The molecule has 0 amide bonds. The van der Waals surface area contributed by atoms with Crippen LogP contribution in [0.1, 0.15) is 79.5 Å². The Morgan fingerprint density at radius 2 is 1.10 bits per heavy atom. The van der Waals surface area contributed by atoms with Gasteiger partial charge >= 0.3 is 6.85 Å². The van der Waals surface area contributed by atoms with Gasteiger partial charge in [-0.1, -0.05) is 155 Å². The van der Waals surface area contributed by atoms with Crippen molar-refractivity contribution in [3.8, 4) is 22.3 Å². The number of hydrogen-bond acceptors (Lipinski definition) is 3. The molecule has 14 rings (SSSR count). The Labute approximate surface area is 363 Å². The first-order valence-electron chi connectivity index (χ1n) is 22.4. The number of rotatable bonds is 1. The van der Waals surface area contributed by atoms with Crippen molar-refractivity contribution in [2.45, 2.75) is 63.7 Å². The molecule has 0 N–H and O–H groups in total. The average molecular weight is 797 g/mol. The molecule has 62 heavy (non-hydrogen) atoms. The van der Waals surface area contributed by atoms with Crippen molar-refractivity contribution in [3.05, 3.63) is 197 Å². The van der Waals surface area contributed by atoms with E-state index < -0.39 is 5.41 Å². The molecule has 9 aromatic rings. The zero-order valence-electron chi connectivity index (χ0n) is 35.8. The summed E-state index contributed by atoms with van der Waals surface area (Å²) in [6, 6.07) is 60.0. The minimum Gasteiger partial charge on any atom is -0.466 e. The second kappa shape index (κ2) is 11.6. The van der Waals surface area contributed by atoms with E-state index in [1.54, 1.807) is 0 Å². The maximum absolute atomic E-state index is 7.40. The smallest absolute Gasteiger partial charge is 0.375 e. The first-order chi connectivity index (χ1) is 30.2. The Balaban J connectivity index is 1.16. The van der Waals surface area contributed by atoms with Gasteiger partial charge in [0.25, 0.3) is 0 Å². The van der Waals surface area contributed by atoms with Crippen molar-refractivity contribution in [2.75, 3.05) is 9.71 Å². The van der Waals surface area contributed by atoms with E-state index in [1.807, 2.05) is 0 Å². The summed E-state index contributed by atoms with van der Waals surface area (Å²) in [4.78, 5) is 5.28. The first kappa shape index (κ1) is 34.9. The predicted molar refractivity (Wildman–Crippen MR) is 258 cm³/mol. The Bertz CT molecular complexity index is 3430. The predicted octanol–water partition coefficient (Wildman–Crippen LogP) is 13.6. The van der Waals surface area contributed by atoms with Crippen molar-refractivity contribution < 1.29 is 4.42 Å². The van der Waals surface area contributed by atoms with Gasteiger partial charge in [0.15, 0.2) is 0 Å². The number of fused-ring (bicyclic) bond motifs is 18. The molecule has 4 heterocycles. The van der Waals surface area contributed by atoms with Crippen molar-refractivity contribution in [1.82, 2.24) is 0 Å². The summed E-state index contributed by atoms with van der Waals surface area (Å²) in [6.45, 7) is 11.9. The van der Waals surface area contributed by atoms with Crippen LogP contribution >= 0.6 is 0 Å². The van der Waals surface area contributed by atoms with Crippen LogP contribution in [0.5, 0.6) is 0 Å². The molecule has 4 heteroatoms. The quantitative estimate of drug-likeness (QED) is 0.154. The number of hydrogen-bond donors (Lipinski definition) is 0. The molecule has 1 spiro atoms. The number of anilines is 5. The Hall–Kier alpha value is -6.78. The summed E-state index contributed by atoms with van der Waals surface area (Å²) in [5.41, 5.74) is 23.7. The van der Waals surface area contributed by atoms with Crippen LogP contribution in [0.25, 0.3) is 44.0 Å². The zero-order valence-corrected chi connectivity index (χ0v) is 35.8. The maximum Gasteiger partial charge on any atom is 0.375 e. The number of para-hydroxylation sites is 3. The molecule has 5 aliphatic rings. The summed E-state index contributed by atoms with van der Waals surface area (Å²) in [5.74, 6) is 0. The van der Waals surface area contributed by atoms with Gasteiger partial charge in [0.2, 0.25) is 0 Å². The van der Waals surface area contributed by atoms with Crippen molar-refractivity contribution >= 4 is 68.1 Å². The van der Waals surface area contributed by atoms with Gasteiger partial charge in [-0.25, -0.2) is 0 Å². The average Bonchev–Trinajstić information content (AvgIpc) is 3.82. The van der Waals surface area contributed by atoms with E-state index >= 15 is 0 Å². The fourth-order valence-corrected chi connectivity index (χ4v) is 12.9. The molecule has 3 nitrogen and oxygen atoms in total. The topological polar surface area (TPSA) is 19.6 Å². The lowest BCUT2D eigenvalue weighted by atomic mass is 9.44. The van der Waals surface area contributed by atoms with Crippen molar-refractivity contribution in [1.29, 1.82) is 0 Å². The SMILES string of the molecule is Cc1cc2c(cc1N1c3cc4ccccc4c4c3B(c3oc5ccccc5c31)N1c3ccccc3C3(c5ccccc5-c5ccccc53)c3cccc-4c31)C(C)(C)CCC2(C)C. The Kier molecular flexibility index (Phi) is 6.51. The molecule has 2 aliphatic carbocycles. The summed E-state index contributed by atoms with van der Waals surface area (Å²) >= 11 is 0. The van der Waals surface area contributed by atoms with Gasteiger partial charge in [0.05, 0.1) is 11.1 Å². The fraction of sp³-hybridized carbons (Fsp3) is 0.172. The van der Waals surface area contributed by atoms with Gasteiger partial charge in [-0.2, -0.15) is 0 Å². The molecule has 296 valence electrons. The third-order valence-electron chi connectivity index (χ3n) is 15.8. The maximum atomic E-state index is 7.40. The molecule has 0 saturated carbocycles. The lowest BCUT2D eigenvalue weighted by Gasteiger charge is -2.51. The molecule has 0 saturated heterocycles. The monoisotopic (exact) mass is 796 g/mol. The van der Waals surface area contributed by atoms with Crippen LogP contribution in [0.2, 0.25) is 0 Å². The third-order valence-corrected chi connectivity index (χ3v) is 15.8. The van der Waals surface area contributed by atoms with Gasteiger partial charge in [-0.15, -0.1) is 0 Å². The summed E-state index contributed by atoms with van der Waals surface area (Å²) in [7, 11) is 0. The fourth-order valence-electron chi connectivity index (χ4n) is 12.9. The summed E-state index contributed by atoms with van der Waals surface area (Å²) in [6.07, 6.45) is 2.34. The molecule has 0 bridgehead atoms. The van der Waals surface area contributed by atoms with Crippen molar-refractivity contribution in [2.24, 2.45) is 0 Å². The van der Waals surface area contributed by atoms with Crippen LogP contribution < -0.4 is 20.8 Å². The molecule has 0 fully saturated rings. The van der Waals surface area contributed by atoms with Gasteiger partial charge < -0.3 is 14.1 Å². The summed E-state index contributed by atoms with van der Waals surface area (Å²) in [5, 5.41) is 3.65. The Morgan fingerprint density at radius 3 is 1.85 bits per heavy atom. The molecule has 0 atom stereocenters. The first-order valence-corrected chi connectivity index (χ1v) is 22.4. The minimum atomic E-state index is -0.505. The highest BCUT2D eigenvalue weighted by Crippen LogP contribution is 2.65. The van der Waals surface area contributed by atoms with Crippen LogP contribution in [-0.2, 0) is 16.2 Å². The van der Waals surface area contributed by atoms with E-state index in [1.165, 1.54) is 107 Å². The highest BCUT2D eigenvalue weighted by Gasteiger charge is 2.57. The second-order valence-corrected chi connectivity index (χ2v) is 19.8. The number of benzene rings is 8. The van der Waals surface area contributed by atoms with E-state index in [-0.39, 0.29) is 17.7 Å². The zero-order chi connectivity index (χ0) is 41.4. The molecular weight excluding hydrogens is 751 g/mol. The third kappa shape index (κ3) is 4.05. The Morgan fingerprint density at radius 1 is 0.500 bits per heavy atom. The standard InChI is InChI=1S/C58H45BN2O/c1-34-31-45-46(57(4,5)30-29-56(45,2)3)33-48(34)60-49-32-35-17-6-7-18-36(35)51-40-22-16-26-44-53(40)61(59(52(49)51)55-54(60)39-21-10-15-28-50(39)62-55)47-27-14-13-25-43(47)58(44)41-23-11-8-19-37(41)38-20-9-12-24-42(38)58/h6-28,31-33H,29-30H2,1-5H3. The minimum absolute atomic E-state index is 0.0516. The largest absolute Gasteiger partial charge is 0.466 e. The van der Waals surface area contributed by atoms with Crippen molar-refractivity contribution in [3.63, 3.8) is 0 Å². The van der Waals surface area contributed by atoms with Crippen LogP contribution in [0, 0.1) is 6.92 Å². The van der Waals surface area contributed by atoms with E-state index in [0.29, 0.717) is 0 Å². The molecule has 8 aromatic carbocycles. The van der Waals surface area contributed by atoms with Crippen LogP contribution in [0.3, 0.4) is 0 Å². The van der Waals surface area contributed by atoms with Crippen LogP contribution in [0.4, 0.5) is 28.4 Å². The highest BCUT2D eigenvalue weighted by molar-refractivity contribution is 6.93. The lowest BCUT2D eigenvalue weighted by molar-refractivity contribution is 0.332. The second-order valence-electron chi connectivity index (χ2n) is 19.8. The van der Waals surface area contributed by atoms with E-state index in [2.05, 4.69) is 202 Å². The van der Waals surface area contributed by atoms with E-state index in [4.69, 9.17) is 4.42 Å². The lowest BCUT2D eigenvalue weighted by Crippen LogP contribution is -2.62. The number of aryl methyl sites for hydroxylation is 1. The normalized spacial score (nSPS) is 17.3. The van der Waals surface area contributed by atoms with E-state index in [0.717, 1.165) is 28.7 Å².